The van der Waals surface area contributed by atoms with Crippen molar-refractivity contribution < 1.29 is 9.53 Å². The highest BCUT2D eigenvalue weighted by atomic mass is 32.2. The molecule has 1 N–H and O–H groups in total. The van der Waals surface area contributed by atoms with E-state index in [0.29, 0.717) is 12.6 Å². The molecule has 1 aromatic rings. The van der Waals surface area contributed by atoms with Crippen molar-refractivity contribution in [2.24, 2.45) is 0 Å². The fourth-order valence-electron chi connectivity index (χ4n) is 1.67. The standard InChI is InChI=1S/C13H19N3O2S/c1-2-18-12(17)11(16-10-4-5-10)6-9-19-13-14-7-3-8-15-13/h3,7-8,10-11,16H,2,4-6,9H2,1H3. The van der Waals surface area contributed by atoms with Crippen LogP contribution in [0, 0.1) is 0 Å². The molecule has 6 heteroatoms. The minimum absolute atomic E-state index is 0.149. The zero-order chi connectivity index (χ0) is 13.5. The maximum Gasteiger partial charge on any atom is 0.323 e. The Morgan fingerprint density at radius 1 is 1.53 bits per heavy atom. The van der Waals surface area contributed by atoms with E-state index in [2.05, 4.69) is 15.3 Å². The van der Waals surface area contributed by atoms with Crippen molar-refractivity contribution in [1.29, 1.82) is 0 Å². The first kappa shape index (κ1) is 14.3. The van der Waals surface area contributed by atoms with Gasteiger partial charge in [0.25, 0.3) is 0 Å². The molecule has 1 fully saturated rings. The Kier molecular flexibility index (Phi) is 5.60. The third kappa shape index (κ3) is 5.16. The molecule has 1 aliphatic rings. The van der Waals surface area contributed by atoms with Gasteiger partial charge in [0.05, 0.1) is 6.61 Å². The number of nitrogens with one attached hydrogen (secondary N) is 1. The van der Waals surface area contributed by atoms with E-state index in [1.165, 1.54) is 0 Å². The lowest BCUT2D eigenvalue weighted by molar-refractivity contribution is -0.145. The number of esters is 1. The van der Waals surface area contributed by atoms with Gasteiger partial charge in [-0.05, 0) is 32.3 Å². The SMILES string of the molecule is CCOC(=O)C(CCSc1ncccn1)NC1CC1. The molecule has 104 valence electrons. The molecule has 5 nitrogen and oxygen atoms in total. The van der Waals surface area contributed by atoms with E-state index in [1.54, 1.807) is 30.2 Å². The van der Waals surface area contributed by atoms with Gasteiger partial charge in [0, 0.05) is 24.2 Å². The Balaban J connectivity index is 1.76. The summed E-state index contributed by atoms with van der Waals surface area (Å²) < 4.78 is 5.09. The Morgan fingerprint density at radius 3 is 2.89 bits per heavy atom. The molecule has 0 aromatic carbocycles. The molecule has 19 heavy (non-hydrogen) atoms. The van der Waals surface area contributed by atoms with E-state index in [-0.39, 0.29) is 12.0 Å². The molecule has 1 unspecified atom stereocenters. The van der Waals surface area contributed by atoms with Gasteiger partial charge in [-0.1, -0.05) is 11.8 Å². The van der Waals surface area contributed by atoms with E-state index >= 15 is 0 Å². The summed E-state index contributed by atoms with van der Waals surface area (Å²) in [5, 5.41) is 4.08. The first-order chi connectivity index (χ1) is 9.29. The van der Waals surface area contributed by atoms with Gasteiger partial charge < -0.3 is 10.1 Å². The predicted molar refractivity (Wildman–Crippen MR) is 74.0 cm³/mol. The zero-order valence-corrected chi connectivity index (χ0v) is 11.9. The first-order valence-electron chi connectivity index (χ1n) is 6.62. The van der Waals surface area contributed by atoms with Crippen molar-refractivity contribution in [3.63, 3.8) is 0 Å². The second-order valence-electron chi connectivity index (χ2n) is 4.41. The minimum Gasteiger partial charge on any atom is -0.465 e. The number of hydrogen-bond donors (Lipinski definition) is 1. The molecule has 0 spiro atoms. The molecule has 1 heterocycles. The average molecular weight is 281 g/mol. The summed E-state index contributed by atoms with van der Waals surface area (Å²) in [6.07, 6.45) is 6.50. The van der Waals surface area contributed by atoms with Gasteiger partial charge in [-0.15, -0.1) is 0 Å². The Hall–Kier alpha value is -1.14. The van der Waals surface area contributed by atoms with Crippen LogP contribution in [0.3, 0.4) is 0 Å². The van der Waals surface area contributed by atoms with Crippen LogP contribution in [0.2, 0.25) is 0 Å². The van der Waals surface area contributed by atoms with Gasteiger partial charge in [-0.25, -0.2) is 9.97 Å². The molecular formula is C13H19N3O2S. The van der Waals surface area contributed by atoms with Crippen LogP contribution in [0.15, 0.2) is 23.6 Å². The van der Waals surface area contributed by atoms with E-state index in [4.69, 9.17) is 4.74 Å². The topological polar surface area (TPSA) is 64.1 Å². The maximum atomic E-state index is 11.8. The Morgan fingerprint density at radius 2 is 2.26 bits per heavy atom. The third-order valence-electron chi connectivity index (χ3n) is 2.77. The highest BCUT2D eigenvalue weighted by molar-refractivity contribution is 7.99. The van der Waals surface area contributed by atoms with Crippen LogP contribution >= 0.6 is 11.8 Å². The molecule has 0 amide bonds. The average Bonchev–Trinajstić information content (AvgIpc) is 3.23. The van der Waals surface area contributed by atoms with Gasteiger partial charge in [0.15, 0.2) is 5.16 Å². The lowest BCUT2D eigenvalue weighted by atomic mass is 10.2. The summed E-state index contributed by atoms with van der Waals surface area (Å²) >= 11 is 1.56. The normalized spacial score (nSPS) is 16.1. The van der Waals surface area contributed by atoms with Crippen LogP contribution < -0.4 is 5.32 Å². The first-order valence-corrected chi connectivity index (χ1v) is 7.60. The monoisotopic (exact) mass is 281 g/mol. The molecule has 1 saturated carbocycles. The quantitative estimate of drug-likeness (QED) is 0.444. The van der Waals surface area contributed by atoms with Crippen molar-refractivity contribution in [3.8, 4) is 0 Å². The van der Waals surface area contributed by atoms with Gasteiger partial charge in [0.1, 0.15) is 6.04 Å². The summed E-state index contributed by atoms with van der Waals surface area (Å²) in [5.41, 5.74) is 0. The molecule has 0 bridgehead atoms. The number of rotatable bonds is 8. The largest absolute Gasteiger partial charge is 0.465 e. The lowest BCUT2D eigenvalue weighted by Gasteiger charge is -2.16. The zero-order valence-electron chi connectivity index (χ0n) is 11.0. The number of ether oxygens (including phenoxy) is 1. The Bertz CT molecular complexity index is 398. The maximum absolute atomic E-state index is 11.8. The molecule has 1 aromatic heterocycles. The van der Waals surface area contributed by atoms with Gasteiger partial charge >= 0.3 is 5.97 Å². The Labute approximate surface area is 117 Å². The van der Waals surface area contributed by atoms with Crippen molar-refractivity contribution in [2.75, 3.05) is 12.4 Å². The summed E-state index contributed by atoms with van der Waals surface area (Å²) in [6.45, 7) is 2.26. The predicted octanol–water partition coefficient (Wildman–Crippen LogP) is 1.64. The lowest BCUT2D eigenvalue weighted by Crippen LogP contribution is -2.39. The molecule has 0 saturated heterocycles. The number of nitrogens with zero attached hydrogens (tertiary/aromatic N) is 2. The number of carbonyl (C=O) groups is 1. The molecule has 0 radical (unpaired) electrons. The van der Waals surface area contributed by atoms with Crippen LogP contribution in [0.4, 0.5) is 0 Å². The highest BCUT2D eigenvalue weighted by Gasteiger charge is 2.28. The van der Waals surface area contributed by atoms with E-state index in [9.17, 15) is 4.79 Å². The van der Waals surface area contributed by atoms with Gasteiger partial charge in [0.2, 0.25) is 0 Å². The van der Waals surface area contributed by atoms with Crippen LogP contribution in [0.1, 0.15) is 26.2 Å². The van der Waals surface area contributed by atoms with Crippen LogP contribution in [-0.4, -0.2) is 40.4 Å². The van der Waals surface area contributed by atoms with Crippen molar-refractivity contribution in [1.82, 2.24) is 15.3 Å². The summed E-state index contributed by atoms with van der Waals surface area (Å²) in [5.74, 6) is 0.650. The fourth-order valence-corrected chi connectivity index (χ4v) is 2.48. The summed E-state index contributed by atoms with van der Waals surface area (Å²) in [6, 6.07) is 2.08. The minimum atomic E-state index is -0.205. The number of aromatic nitrogens is 2. The fraction of sp³-hybridized carbons (Fsp3) is 0.615. The molecule has 2 rings (SSSR count). The van der Waals surface area contributed by atoms with Crippen molar-refractivity contribution in [2.45, 2.75) is 43.4 Å². The smallest absolute Gasteiger partial charge is 0.323 e. The van der Waals surface area contributed by atoms with Gasteiger partial charge in [-0.3, -0.25) is 4.79 Å². The van der Waals surface area contributed by atoms with E-state index < -0.39 is 0 Å². The van der Waals surface area contributed by atoms with Crippen LogP contribution in [0.25, 0.3) is 0 Å². The number of carbonyl (C=O) groups excluding carboxylic acids is 1. The number of thioether (sulfide) groups is 1. The molecule has 1 aliphatic carbocycles. The summed E-state index contributed by atoms with van der Waals surface area (Å²) in [4.78, 5) is 20.1. The summed E-state index contributed by atoms with van der Waals surface area (Å²) in [7, 11) is 0. The second kappa shape index (κ2) is 7.45. The van der Waals surface area contributed by atoms with Crippen LogP contribution in [-0.2, 0) is 9.53 Å². The molecule has 1 atom stereocenters. The van der Waals surface area contributed by atoms with Crippen molar-refractivity contribution >= 4 is 17.7 Å². The number of hydrogen-bond acceptors (Lipinski definition) is 6. The molecular weight excluding hydrogens is 262 g/mol. The van der Waals surface area contributed by atoms with Gasteiger partial charge in [-0.2, -0.15) is 0 Å². The highest BCUT2D eigenvalue weighted by Crippen LogP contribution is 2.21. The van der Waals surface area contributed by atoms with E-state index in [1.807, 2.05) is 6.92 Å². The van der Waals surface area contributed by atoms with Crippen LogP contribution in [0.5, 0.6) is 0 Å². The third-order valence-corrected chi connectivity index (χ3v) is 3.67. The second-order valence-corrected chi connectivity index (χ2v) is 5.48. The molecule has 0 aliphatic heterocycles. The van der Waals surface area contributed by atoms with Crippen molar-refractivity contribution in [3.05, 3.63) is 18.5 Å². The van der Waals surface area contributed by atoms with E-state index in [0.717, 1.165) is 30.2 Å².